The second-order valence-electron chi connectivity index (χ2n) is 6.66. The predicted molar refractivity (Wildman–Crippen MR) is 87.1 cm³/mol. The van der Waals surface area contributed by atoms with E-state index in [0.29, 0.717) is 18.4 Å². The summed E-state index contributed by atoms with van der Waals surface area (Å²) in [5, 5.41) is 0. The first-order valence-electron chi connectivity index (χ1n) is 8.85. The largest absolute Gasteiger partial charge is 0.469 e. The molecular weight excluding hydrogens is 278 g/mol. The molecular formula is C18H31NO3. The Morgan fingerprint density at radius 1 is 1.27 bits per heavy atom. The van der Waals surface area contributed by atoms with E-state index >= 15 is 0 Å². The van der Waals surface area contributed by atoms with Crippen molar-refractivity contribution >= 4 is 5.97 Å². The van der Waals surface area contributed by atoms with E-state index < -0.39 is 0 Å². The van der Waals surface area contributed by atoms with Gasteiger partial charge in [0.1, 0.15) is 0 Å². The van der Waals surface area contributed by atoms with Gasteiger partial charge in [0, 0.05) is 12.5 Å². The molecule has 4 atom stereocenters. The van der Waals surface area contributed by atoms with Gasteiger partial charge < -0.3 is 9.57 Å². The third kappa shape index (κ3) is 4.82. The van der Waals surface area contributed by atoms with E-state index in [-0.39, 0.29) is 5.97 Å². The first kappa shape index (κ1) is 17.5. The third-order valence-corrected chi connectivity index (χ3v) is 5.17. The van der Waals surface area contributed by atoms with E-state index in [0.717, 1.165) is 44.1 Å². The van der Waals surface area contributed by atoms with E-state index in [2.05, 4.69) is 29.3 Å². The lowest BCUT2D eigenvalue weighted by molar-refractivity contribution is -0.140. The highest BCUT2D eigenvalue weighted by atomic mass is 16.6. The van der Waals surface area contributed by atoms with Gasteiger partial charge in [0.25, 0.3) is 0 Å². The van der Waals surface area contributed by atoms with Gasteiger partial charge in [-0.3, -0.25) is 4.79 Å². The number of unbranched alkanes of at least 4 members (excludes halogenated alkanes) is 1. The highest BCUT2D eigenvalue weighted by molar-refractivity contribution is 5.68. The number of allylic oxidation sites excluding steroid dienone is 2. The number of ether oxygens (including phenoxy) is 1. The summed E-state index contributed by atoms with van der Waals surface area (Å²) in [7, 11) is 1.45. The molecule has 0 heterocycles. The van der Waals surface area contributed by atoms with Crippen molar-refractivity contribution in [1.29, 1.82) is 0 Å². The summed E-state index contributed by atoms with van der Waals surface area (Å²) >= 11 is 0. The molecule has 0 aromatic carbocycles. The molecule has 4 heteroatoms. The summed E-state index contributed by atoms with van der Waals surface area (Å²) in [5.74, 6) is 2.28. The summed E-state index contributed by atoms with van der Waals surface area (Å²) in [6.07, 6.45) is 13.2. The Bertz CT molecular complexity index is 369. The molecule has 0 amide bonds. The number of methoxy groups -OCH3 is 1. The molecule has 4 nitrogen and oxygen atoms in total. The van der Waals surface area contributed by atoms with Crippen LogP contribution in [0.1, 0.15) is 58.3 Å². The van der Waals surface area contributed by atoms with Crippen molar-refractivity contribution in [2.45, 2.75) is 64.3 Å². The molecule has 2 bridgehead atoms. The standard InChI is InChI=1S/C18H31NO3/c1-3-12-22-19-18-15-11-10-14(13-15)16(18)8-6-4-5-7-9-17(20)21-2/h4,6,14-16,18-19H,3,5,7-13H2,1-2H3/b6-4+. The van der Waals surface area contributed by atoms with Crippen LogP contribution < -0.4 is 5.48 Å². The normalized spacial score (nSPS) is 30.3. The molecule has 22 heavy (non-hydrogen) atoms. The molecule has 126 valence electrons. The zero-order valence-corrected chi connectivity index (χ0v) is 14.1. The van der Waals surface area contributed by atoms with Gasteiger partial charge >= 0.3 is 5.97 Å². The number of fused-ring (bicyclic) bond motifs is 2. The number of carbonyl (C=O) groups is 1. The minimum atomic E-state index is -0.112. The number of hydroxylamine groups is 1. The van der Waals surface area contributed by atoms with Crippen LogP contribution in [-0.2, 0) is 14.4 Å². The maximum atomic E-state index is 11.0. The maximum absolute atomic E-state index is 11.0. The lowest BCUT2D eigenvalue weighted by atomic mass is 9.82. The Morgan fingerprint density at radius 2 is 2.09 bits per heavy atom. The number of rotatable bonds is 10. The molecule has 0 radical (unpaired) electrons. The molecule has 2 fully saturated rings. The molecule has 0 spiro atoms. The van der Waals surface area contributed by atoms with Crippen molar-refractivity contribution in [3.63, 3.8) is 0 Å². The fourth-order valence-electron chi connectivity index (χ4n) is 4.03. The molecule has 0 aromatic heterocycles. The quantitative estimate of drug-likeness (QED) is 0.290. The smallest absolute Gasteiger partial charge is 0.305 e. The molecule has 0 aromatic rings. The van der Waals surface area contributed by atoms with E-state index in [1.807, 2.05) is 0 Å². The van der Waals surface area contributed by atoms with Crippen LogP contribution >= 0.6 is 0 Å². The van der Waals surface area contributed by atoms with Gasteiger partial charge in [-0.1, -0.05) is 19.1 Å². The van der Waals surface area contributed by atoms with Gasteiger partial charge in [0.2, 0.25) is 0 Å². The average Bonchev–Trinajstić information content (AvgIpc) is 3.12. The van der Waals surface area contributed by atoms with Gasteiger partial charge in [0.05, 0.1) is 13.7 Å². The van der Waals surface area contributed by atoms with E-state index in [1.54, 1.807) is 0 Å². The molecule has 2 saturated carbocycles. The lowest BCUT2D eigenvalue weighted by Gasteiger charge is -2.30. The van der Waals surface area contributed by atoms with Crippen molar-refractivity contribution in [3.8, 4) is 0 Å². The fraction of sp³-hybridized carbons (Fsp3) is 0.833. The Kier molecular flexibility index (Phi) is 7.40. The van der Waals surface area contributed by atoms with Crippen LogP contribution in [0.25, 0.3) is 0 Å². The SMILES string of the molecule is CCCONC1C2CCC(C2)C1C/C=C/CCCC(=O)OC. The monoisotopic (exact) mass is 309 g/mol. The minimum absolute atomic E-state index is 0.112. The Balaban J connectivity index is 1.69. The highest BCUT2D eigenvalue weighted by Crippen LogP contribution is 2.49. The fourth-order valence-corrected chi connectivity index (χ4v) is 4.03. The van der Waals surface area contributed by atoms with Gasteiger partial charge in [-0.25, -0.2) is 0 Å². The van der Waals surface area contributed by atoms with Crippen LogP contribution in [-0.4, -0.2) is 25.7 Å². The average molecular weight is 309 g/mol. The summed E-state index contributed by atoms with van der Waals surface area (Å²) in [6.45, 7) is 2.93. The van der Waals surface area contributed by atoms with Crippen molar-refractivity contribution < 1.29 is 14.4 Å². The van der Waals surface area contributed by atoms with Crippen LogP contribution in [0.4, 0.5) is 0 Å². The summed E-state index contributed by atoms with van der Waals surface area (Å²) in [6, 6.07) is 0.532. The van der Waals surface area contributed by atoms with Crippen LogP contribution in [0.3, 0.4) is 0 Å². The van der Waals surface area contributed by atoms with Gasteiger partial charge in [0.15, 0.2) is 0 Å². The first-order chi connectivity index (χ1) is 10.8. The first-order valence-corrected chi connectivity index (χ1v) is 8.85. The van der Waals surface area contributed by atoms with Crippen LogP contribution in [0, 0.1) is 17.8 Å². The van der Waals surface area contributed by atoms with E-state index in [9.17, 15) is 4.79 Å². The summed E-state index contributed by atoms with van der Waals surface area (Å²) in [4.78, 5) is 16.6. The van der Waals surface area contributed by atoms with Crippen LogP contribution in [0.5, 0.6) is 0 Å². The van der Waals surface area contributed by atoms with Gasteiger partial charge in [-0.15, -0.1) is 0 Å². The third-order valence-electron chi connectivity index (χ3n) is 5.17. The summed E-state index contributed by atoms with van der Waals surface area (Å²) in [5.41, 5.74) is 3.34. The zero-order chi connectivity index (χ0) is 15.8. The maximum Gasteiger partial charge on any atom is 0.305 e. The molecule has 2 aliphatic rings. The van der Waals surface area contributed by atoms with Gasteiger partial charge in [-0.2, -0.15) is 5.48 Å². The van der Waals surface area contributed by atoms with Crippen molar-refractivity contribution in [1.82, 2.24) is 5.48 Å². The van der Waals surface area contributed by atoms with Crippen molar-refractivity contribution in [2.24, 2.45) is 17.8 Å². The predicted octanol–water partition coefficient (Wildman–Crippen LogP) is 3.62. The van der Waals surface area contributed by atoms with Crippen LogP contribution in [0.15, 0.2) is 12.2 Å². The number of hydrogen-bond acceptors (Lipinski definition) is 4. The number of esters is 1. The topological polar surface area (TPSA) is 47.6 Å². The van der Waals surface area contributed by atoms with Gasteiger partial charge in [-0.05, 0) is 62.7 Å². The highest BCUT2D eigenvalue weighted by Gasteiger charge is 2.46. The molecule has 4 unspecified atom stereocenters. The van der Waals surface area contributed by atoms with Crippen molar-refractivity contribution in [3.05, 3.63) is 12.2 Å². The van der Waals surface area contributed by atoms with Crippen LogP contribution in [0.2, 0.25) is 0 Å². The minimum Gasteiger partial charge on any atom is -0.469 e. The Hall–Kier alpha value is -0.870. The zero-order valence-electron chi connectivity index (χ0n) is 14.1. The second-order valence-corrected chi connectivity index (χ2v) is 6.66. The molecule has 2 aliphatic carbocycles. The Morgan fingerprint density at radius 3 is 2.86 bits per heavy atom. The molecule has 2 rings (SSSR count). The molecule has 1 N–H and O–H groups in total. The lowest BCUT2D eigenvalue weighted by Crippen LogP contribution is -2.40. The molecule has 0 aliphatic heterocycles. The second kappa shape index (κ2) is 9.31. The van der Waals surface area contributed by atoms with Crippen molar-refractivity contribution in [2.75, 3.05) is 13.7 Å². The number of nitrogens with one attached hydrogen (secondary N) is 1. The van der Waals surface area contributed by atoms with E-state index in [1.165, 1.54) is 26.4 Å². The Labute approximate surface area is 134 Å². The number of carbonyl (C=O) groups excluding carboxylic acids is 1. The molecule has 0 saturated heterocycles. The van der Waals surface area contributed by atoms with E-state index in [4.69, 9.17) is 4.84 Å². The number of hydrogen-bond donors (Lipinski definition) is 1. The summed E-state index contributed by atoms with van der Waals surface area (Å²) < 4.78 is 4.65.